The van der Waals surface area contributed by atoms with Gasteiger partial charge in [-0.05, 0) is 41.4 Å². The van der Waals surface area contributed by atoms with Crippen LogP contribution in [0.4, 0.5) is 0 Å². The van der Waals surface area contributed by atoms with Crippen LogP contribution in [-0.2, 0) is 10.3 Å². The summed E-state index contributed by atoms with van der Waals surface area (Å²) in [4.78, 5) is 0. The highest BCUT2D eigenvalue weighted by molar-refractivity contribution is 5.47. The molecule has 1 nitrogen and oxygen atoms in total. The summed E-state index contributed by atoms with van der Waals surface area (Å²) in [6, 6.07) is 31.9. The average Bonchev–Trinajstić information content (AvgIpc) is 2.83. The molecule has 0 saturated heterocycles. The summed E-state index contributed by atoms with van der Waals surface area (Å²) in [6.45, 7) is 6.56. The summed E-state index contributed by atoms with van der Waals surface area (Å²) in [5.41, 5.74) is 2.78. The van der Waals surface area contributed by atoms with E-state index >= 15 is 0 Å². The van der Waals surface area contributed by atoms with E-state index in [0.717, 1.165) is 22.6 Å². The molecule has 0 aliphatic heterocycles. The molecule has 0 N–H and O–H groups in total. The van der Waals surface area contributed by atoms with Gasteiger partial charge in [0.2, 0.25) is 0 Å². The van der Waals surface area contributed by atoms with E-state index < -0.39 is 5.60 Å². The monoisotopic (exact) mass is 396 g/mol. The first-order chi connectivity index (χ1) is 14.7. The maximum absolute atomic E-state index is 7.20. The molecule has 0 heterocycles. The molecule has 0 aromatic heterocycles. The van der Waals surface area contributed by atoms with Gasteiger partial charge in [0.15, 0.2) is 0 Å². The van der Waals surface area contributed by atoms with Crippen LogP contribution in [0.2, 0.25) is 0 Å². The zero-order valence-corrected chi connectivity index (χ0v) is 17.9. The fourth-order valence-corrected chi connectivity index (χ4v) is 4.88. The Labute approximate surface area is 181 Å². The van der Waals surface area contributed by atoms with Crippen molar-refractivity contribution in [3.63, 3.8) is 0 Å². The topological polar surface area (TPSA) is 9.23 Å². The molecule has 1 fully saturated rings. The minimum absolute atomic E-state index is 0.00174. The number of hydrogen-bond acceptors (Lipinski definition) is 1. The minimum Gasteiger partial charge on any atom is -0.353 e. The van der Waals surface area contributed by atoms with Crippen LogP contribution >= 0.6 is 0 Å². The molecule has 3 aromatic carbocycles. The lowest BCUT2D eigenvalue weighted by atomic mass is 9.77. The Balaban J connectivity index is 1.85. The number of benzene rings is 3. The first-order valence-corrected chi connectivity index (χ1v) is 11.2. The summed E-state index contributed by atoms with van der Waals surface area (Å²) in [7, 11) is 0. The average molecular weight is 397 g/mol. The summed E-state index contributed by atoms with van der Waals surface area (Å²) < 4.78 is 7.20. The normalized spacial score (nSPS) is 20.4. The van der Waals surface area contributed by atoms with Gasteiger partial charge in [0.1, 0.15) is 5.60 Å². The number of rotatable bonds is 7. The molecule has 1 saturated carbocycles. The van der Waals surface area contributed by atoms with Crippen LogP contribution in [0.15, 0.2) is 104 Å². The van der Waals surface area contributed by atoms with Gasteiger partial charge < -0.3 is 4.74 Å². The van der Waals surface area contributed by atoms with E-state index in [9.17, 15) is 0 Å². The first kappa shape index (κ1) is 20.6. The SMILES string of the molecule is C=CC(OC(c1ccccc1)(c1ccccc1)c1ccccc1)C1CCC(C)CC1. The maximum atomic E-state index is 7.20. The lowest BCUT2D eigenvalue weighted by Crippen LogP contribution is -2.39. The Morgan fingerprint density at radius 3 is 1.50 bits per heavy atom. The fraction of sp³-hybridized carbons (Fsp3) is 0.310. The van der Waals surface area contributed by atoms with Gasteiger partial charge in [0, 0.05) is 0 Å². The third-order valence-corrected chi connectivity index (χ3v) is 6.61. The molecule has 0 amide bonds. The molecule has 1 aliphatic carbocycles. The zero-order chi connectivity index (χ0) is 20.8. The Hall–Kier alpha value is -2.64. The molecule has 0 radical (unpaired) electrons. The molecule has 4 rings (SSSR count). The lowest BCUT2D eigenvalue weighted by molar-refractivity contribution is -0.0586. The van der Waals surface area contributed by atoms with Gasteiger partial charge in [-0.3, -0.25) is 0 Å². The molecular formula is C29H32O. The van der Waals surface area contributed by atoms with Gasteiger partial charge >= 0.3 is 0 Å². The van der Waals surface area contributed by atoms with Gasteiger partial charge in [-0.2, -0.15) is 0 Å². The summed E-state index contributed by atoms with van der Waals surface area (Å²) in [6.07, 6.45) is 6.97. The second-order valence-corrected chi connectivity index (χ2v) is 8.62. The van der Waals surface area contributed by atoms with Gasteiger partial charge in [-0.15, -0.1) is 6.58 Å². The van der Waals surface area contributed by atoms with Crippen LogP contribution in [0.5, 0.6) is 0 Å². The summed E-state index contributed by atoms with van der Waals surface area (Å²) in [5.74, 6) is 1.32. The Kier molecular flexibility index (Phi) is 6.50. The van der Waals surface area contributed by atoms with Gasteiger partial charge in [-0.25, -0.2) is 0 Å². The van der Waals surface area contributed by atoms with Crippen LogP contribution < -0.4 is 0 Å². The van der Waals surface area contributed by atoms with E-state index in [2.05, 4.69) is 104 Å². The largest absolute Gasteiger partial charge is 0.353 e. The van der Waals surface area contributed by atoms with E-state index in [1.54, 1.807) is 0 Å². The molecule has 3 aromatic rings. The Morgan fingerprint density at radius 2 is 1.13 bits per heavy atom. The van der Waals surface area contributed by atoms with E-state index in [0.29, 0.717) is 5.92 Å². The van der Waals surface area contributed by atoms with Crippen molar-refractivity contribution in [2.45, 2.75) is 44.3 Å². The van der Waals surface area contributed by atoms with Crippen LogP contribution in [0.25, 0.3) is 0 Å². The van der Waals surface area contributed by atoms with Crippen molar-refractivity contribution >= 4 is 0 Å². The van der Waals surface area contributed by atoms with Crippen molar-refractivity contribution in [2.75, 3.05) is 0 Å². The van der Waals surface area contributed by atoms with Crippen LogP contribution in [0.1, 0.15) is 49.3 Å². The van der Waals surface area contributed by atoms with Crippen LogP contribution in [0, 0.1) is 11.8 Å². The van der Waals surface area contributed by atoms with Crippen LogP contribution in [-0.4, -0.2) is 6.10 Å². The minimum atomic E-state index is -0.675. The summed E-state index contributed by atoms with van der Waals surface area (Å²) >= 11 is 0. The molecule has 1 atom stereocenters. The summed E-state index contributed by atoms with van der Waals surface area (Å²) in [5, 5.41) is 0. The van der Waals surface area contributed by atoms with E-state index in [-0.39, 0.29) is 6.10 Å². The van der Waals surface area contributed by atoms with E-state index in [1.807, 2.05) is 6.08 Å². The van der Waals surface area contributed by atoms with Crippen molar-refractivity contribution in [2.24, 2.45) is 11.8 Å². The second kappa shape index (κ2) is 9.45. The van der Waals surface area contributed by atoms with Crippen molar-refractivity contribution in [3.05, 3.63) is 120 Å². The lowest BCUT2D eigenvalue weighted by Gasteiger charge is -2.41. The number of ether oxygens (including phenoxy) is 1. The Morgan fingerprint density at radius 1 is 0.733 bits per heavy atom. The molecule has 1 heteroatoms. The fourth-order valence-electron chi connectivity index (χ4n) is 4.88. The van der Waals surface area contributed by atoms with Gasteiger partial charge in [0.05, 0.1) is 6.10 Å². The number of hydrogen-bond donors (Lipinski definition) is 0. The van der Waals surface area contributed by atoms with Gasteiger partial charge in [-0.1, -0.05) is 117 Å². The molecule has 154 valence electrons. The molecule has 30 heavy (non-hydrogen) atoms. The second-order valence-electron chi connectivity index (χ2n) is 8.62. The molecule has 1 aliphatic rings. The molecular weight excluding hydrogens is 364 g/mol. The molecule has 0 spiro atoms. The highest BCUT2D eigenvalue weighted by Gasteiger charge is 2.41. The predicted octanol–water partition coefficient (Wildman–Crippen LogP) is 7.38. The smallest absolute Gasteiger partial charge is 0.144 e. The van der Waals surface area contributed by atoms with E-state index in [1.165, 1.54) is 25.7 Å². The third-order valence-electron chi connectivity index (χ3n) is 6.61. The highest BCUT2D eigenvalue weighted by Crippen LogP contribution is 2.44. The van der Waals surface area contributed by atoms with Gasteiger partial charge in [0.25, 0.3) is 0 Å². The van der Waals surface area contributed by atoms with Crippen LogP contribution in [0.3, 0.4) is 0 Å². The Bertz CT molecular complexity index is 812. The molecule has 0 bridgehead atoms. The highest BCUT2D eigenvalue weighted by atomic mass is 16.5. The quantitative estimate of drug-likeness (QED) is 0.299. The standard InChI is InChI=1S/C29H32O/c1-3-28(24-21-19-23(2)20-22-24)30-29(25-13-7-4-8-14-25,26-15-9-5-10-16-26)27-17-11-6-12-18-27/h3-18,23-24,28H,1,19-22H2,2H3. The van der Waals surface area contributed by atoms with Crippen molar-refractivity contribution in [1.29, 1.82) is 0 Å². The van der Waals surface area contributed by atoms with Crippen molar-refractivity contribution in [3.8, 4) is 0 Å². The van der Waals surface area contributed by atoms with E-state index in [4.69, 9.17) is 4.74 Å². The third kappa shape index (κ3) is 4.13. The van der Waals surface area contributed by atoms with Crippen molar-refractivity contribution < 1.29 is 4.74 Å². The predicted molar refractivity (Wildman–Crippen MR) is 125 cm³/mol. The van der Waals surface area contributed by atoms with Crippen molar-refractivity contribution in [1.82, 2.24) is 0 Å². The first-order valence-electron chi connectivity index (χ1n) is 11.2. The zero-order valence-electron chi connectivity index (χ0n) is 17.9. The maximum Gasteiger partial charge on any atom is 0.144 e. The molecule has 1 unspecified atom stereocenters.